The quantitative estimate of drug-likeness (QED) is 0.649. The number of nitrogens with one attached hydrogen (secondary N) is 1. The van der Waals surface area contributed by atoms with Gasteiger partial charge in [-0.15, -0.1) is 0 Å². The molecule has 0 unspecified atom stereocenters. The molecule has 2 aliphatic carbocycles. The molecule has 33 heavy (non-hydrogen) atoms. The molecule has 0 spiro atoms. The summed E-state index contributed by atoms with van der Waals surface area (Å²) in [6.07, 6.45) is 9.08. The van der Waals surface area contributed by atoms with E-state index in [1.807, 2.05) is 30.3 Å². The number of nitrogens with two attached hydrogens (primary N) is 1. The Labute approximate surface area is 197 Å². The van der Waals surface area contributed by atoms with Crippen molar-refractivity contribution in [2.24, 2.45) is 5.73 Å². The maximum atomic E-state index is 12.4. The van der Waals surface area contributed by atoms with E-state index in [2.05, 4.69) is 10.1 Å². The Kier molecular flexibility index (Phi) is 10.2. The lowest BCUT2D eigenvalue weighted by Gasteiger charge is -2.36. The summed E-state index contributed by atoms with van der Waals surface area (Å²) in [6, 6.07) is 9.53. The molecule has 0 aromatic heterocycles. The highest BCUT2D eigenvalue weighted by Crippen LogP contribution is 2.30. The van der Waals surface area contributed by atoms with Gasteiger partial charge >= 0.3 is 18.0 Å². The monoisotopic (exact) mass is 461 g/mol. The predicted molar refractivity (Wildman–Crippen MR) is 126 cm³/mol. The molecule has 0 radical (unpaired) electrons. The van der Waals surface area contributed by atoms with Crippen molar-refractivity contribution >= 4 is 18.0 Å². The molecule has 1 aromatic rings. The van der Waals surface area contributed by atoms with Gasteiger partial charge in [0, 0.05) is 13.6 Å². The van der Waals surface area contributed by atoms with Crippen molar-refractivity contribution in [2.45, 2.75) is 81.8 Å². The first-order valence-corrected chi connectivity index (χ1v) is 11.8. The van der Waals surface area contributed by atoms with Gasteiger partial charge < -0.3 is 25.4 Å². The van der Waals surface area contributed by atoms with Gasteiger partial charge in [0.1, 0.15) is 11.1 Å². The Balaban J connectivity index is 0.000000294. The zero-order chi connectivity index (χ0) is 24.3. The van der Waals surface area contributed by atoms with Gasteiger partial charge in [-0.05, 0) is 31.2 Å². The summed E-state index contributed by atoms with van der Waals surface area (Å²) in [5.41, 5.74) is 5.35. The maximum Gasteiger partial charge on any atom is 0.331 e. The summed E-state index contributed by atoms with van der Waals surface area (Å²) in [5, 5.41) is 2.92. The van der Waals surface area contributed by atoms with E-state index in [0.717, 1.165) is 50.5 Å². The van der Waals surface area contributed by atoms with Crippen molar-refractivity contribution in [3.63, 3.8) is 0 Å². The molecule has 1 aromatic carbocycles. The Hall–Kier alpha value is -2.61. The van der Waals surface area contributed by atoms with Crippen LogP contribution in [0.1, 0.15) is 69.8 Å². The maximum absolute atomic E-state index is 12.4. The molecule has 2 amide bonds. The van der Waals surface area contributed by atoms with Crippen LogP contribution >= 0.6 is 0 Å². The lowest BCUT2D eigenvalue weighted by atomic mass is 9.81. The topological polar surface area (TPSA) is 111 Å². The minimum absolute atomic E-state index is 0.240. The first-order chi connectivity index (χ1) is 15.8. The highest BCUT2D eigenvalue weighted by molar-refractivity contribution is 5.87. The SMILES string of the molecule is COC(=O)C1(N)CCCCC1.COC(=O)C1(NC(=O)N(C)Cc2ccccc2)CCCCC1. The number of carbonyl (C=O) groups is 3. The second-order valence-corrected chi connectivity index (χ2v) is 9.11. The van der Waals surface area contributed by atoms with Crippen LogP contribution in [-0.2, 0) is 25.6 Å². The number of carbonyl (C=O) groups excluding carboxylic acids is 3. The lowest BCUT2D eigenvalue weighted by Crippen LogP contribution is -2.58. The smallest absolute Gasteiger partial charge is 0.331 e. The van der Waals surface area contributed by atoms with E-state index < -0.39 is 11.1 Å². The zero-order valence-electron chi connectivity index (χ0n) is 20.2. The number of nitrogens with zero attached hydrogens (tertiary/aromatic N) is 1. The number of urea groups is 1. The van der Waals surface area contributed by atoms with Gasteiger partial charge in [0.15, 0.2) is 0 Å². The first kappa shape index (κ1) is 26.6. The van der Waals surface area contributed by atoms with E-state index in [1.165, 1.54) is 20.6 Å². The average Bonchev–Trinajstić information content (AvgIpc) is 2.85. The molecule has 3 rings (SSSR count). The molecule has 2 aliphatic rings. The summed E-state index contributed by atoms with van der Waals surface area (Å²) >= 11 is 0. The highest BCUT2D eigenvalue weighted by atomic mass is 16.5. The van der Waals surface area contributed by atoms with E-state index in [0.29, 0.717) is 19.4 Å². The molecular weight excluding hydrogens is 422 g/mol. The van der Waals surface area contributed by atoms with Gasteiger partial charge in [0.25, 0.3) is 0 Å². The van der Waals surface area contributed by atoms with Gasteiger partial charge in [-0.3, -0.25) is 4.79 Å². The van der Waals surface area contributed by atoms with Crippen LogP contribution in [0.4, 0.5) is 4.79 Å². The van der Waals surface area contributed by atoms with Crippen molar-refractivity contribution in [3.05, 3.63) is 35.9 Å². The van der Waals surface area contributed by atoms with Crippen LogP contribution in [0.15, 0.2) is 30.3 Å². The van der Waals surface area contributed by atoms with E-state index in [1.54, 1.807) is 11.9 Å². The van der Waals surface area contributed by atoms with Gasteiger partial charge in [-0.25, -0.2) is 9.59 Å². The summed E-state index contributed by atoms with van der Waals surface area (Å²) < 4.78 is 9.55. The van der Waals surface area contributed by atoms with Gasteiger partial charge in [-0.1, -0.05) is 68.9 Å². The summed E-state index contributed by atoms with van der Waals surface area (Å²) in [7, 11) is 4.50. The number of rotatable bonds is 5. The standard InChI is InChI=1S/C17H24N2O3.C8H15NO2/c1-19(13-14-9-5-3-6-10-14)16(21)18-17(15(20)22-2)11-7-4-8-12-17;1-11-7(10)8(9)5-3-2-4-6-8/h3,5-6,9-10H,4,7-8,11-13H2,1-2H3,(H,18,21);2-6,9H2,1H3. The Bertz CT molecular complexity index is 772. The second kappa shape index (κ2) is 12.6. The van der Waals surface area contributed by atoms with Crippen LogP contribution in [0, 0.1) is 0 Å². The Morgan fingerprint density at radius 2 is 1.39 bits per heavy atom. The van der Waals surface area contributed by atoms with Crippen LogP contribution in [0.25, 0.3) is 0 Å². The average molecular weight is 462 g/mol. The van der Waals surface area contributed by atoms with Gasteiger partial charge in [0.2, 0.25) is 0 Å². The molecule has 0 bridgehead atoms. The number of ether oxygens (including phenoxy) is 2. The fourth-order valence-electron chi connectivity index (χ4n) is 4.55. The second-order valence-electron chi connectivity index (χ2n) is 9.11. The third-order valence-corrected chi connectivity index (χ3v) is 6.58. The van der Waals surface area contributed by atoms with Crippen LogP contribution in [-0.4, -0.2) is 55.2 Å². The number of hydrogen-bond acceptors (Lipinski definition) is 6. The third kappa shape index (κ3) is 7.45. The molecule has 2 fully saturated rings. The van der Waals surface area contributed by atoms with Crippen LogP contribution in [0.2, 0.25) is 0 Å². The molecule has 184 valence electrons. The first-order valence-electron chi connectivity index (χ1n) is 11.8. The fraction of sp³-hybridized carbons (Fsp3) is 0.640. The molecule has 0 saturated heterocycles. The van der Waals surface area contributed by atoms with Crippen molar-refractivity contribution < 1.29 is 23.9 Å². The minimum atomic E-state index is -0.866. The van der Waals surface area contributed by atoms with Crippen molar-refractivity contribution in [2.75, 3.05) is 21.3 Å². The van der Waals surface area contributed by atoms with Crippen LogP contribution < -0.4 is 11.1 Å². The number of hydrogen-bond donors (Lipinski definition) is 2. The van der Waals surface area contributed by atoms with Crippen molar-refractivity contribution in [1.82, 2.24) is 10.2 Å². The van der Waals surface area contributed by atoms with Crippen molar-refractivity contribution in [3.8, 4) is 0 Å². The number of methoxy groups -OCH3 is 2. The Morgan fingerprint density at radius 3 is 1.91 bits per heavy atom. The van der Waals surface area contributed by atoms with Gasteiger partial charge in [0.05, 0.1) is 14.2 Å². The summed E-state index contributed by atoms with van der Waals surface area (Å²) in [4.78, 5) is 37.3. The highest BCUT2D eigenvalue weighted by Gasteiger charge is 2.42. The number of amides is 2. The molecule has 2 saturated carbocycles. The van der Waals surface area contributed by atoms with Gasteiger partial charge in [-0.2, -0.15) is 0 Å². The largest absolute Gasteiger partial charge is 0.468 e. The van der Waals surface area contributed by atoms with E-state index in [-0.39, 0.29) is 18.0 Å². The van der Waals surface area contributed by atoms with Crippen molar-refractivity contribution in [1.29, 1.82) is 0 Å². The Morgan fingerprint density at radius 1 is 0.879 bits per heavy atom. The molecular formula is C25H39N3O5. The summed E-state index contributed by atoms with van der Waals surface area (Å²) in [6.45, 7) is 0.504. The third-order valence-electron chi connectivity index (χ3n) is 6.58. The number of benzene rings is 1. The lowest BCUT2D eigenvalue weighted by molar-refractivity contribution is -0.150. The summed E-state index contributed by atoms with van der Waals surface area (Å²) in [5.74, 6) is -0.592. The molecule has 8 nitrogen and oxygen atoms in total. The molecule has 0 aliphatic heterocycles. The predicted octanol–water partition coefficient (Wildman–Crippen LogP) is 3.52. The molecule has 0 heterocycles. The van der Waals surface area contributed by atoms with E-state index >= 15 is 0 Å². The van der Waals surface area contributed by atoms with Crippen LogP contribution in [0.3, 0.4) is 0 Å². The van der Waals surface area contributed by atoms with E-state index in [4.69, 9.17) is 10.5 Å². The van der Waals surface area contributed by atoms with Crippen LogP contribution in [0.5, 0.6) is 0 Å². The molecule has 3 N–H and O–H groups in total. The number of esters is 2. The fourth-order valence-corrected chi connectivity index (χ4v) is 4.55. The van der Waals surface area contributed by atoms with E-state index in [9.17, 15) is 14.4 Å². The molecule has 0 atom stereocenters. The minimum Gasteiger partial charge on any atom is -0.468 e. The zero-order valence-corrected chi connectivity index (χ0v) is 20.2. The molecule has 8 heteroatoms. The normalized spacial score (nSPS) is 18.7.